The SMILES string of the molecule is CC/C=C\C/C=C\C/C=C\C/C=C\CCCCCCCCC(=O)OCC(COP(=O)(O)OCC(O)COP(=O)(O)OCC(COC(=O)CCCCCCC/C=C\C/C=C\CCCCC)OC(=O)CCCCCCCCCCCCCCC)OC(=O)CCCCCCC/C=C\CCCC. The topological polar surface area (TPSA) is 237 Å². The normalized spacial score (nSPS) is 14.4. The van der Waals surface area contributed by atoms with Crippen molar-refractivity contribution in [3.05, 3.63) is 85.1 Å². The molecule has 5 atom stereocenters. The summed E-state index contributed by atoms with van der Waals surface area (Å²) < 4.78 is 68.5. The lowest BCUT2D eigenvalue weighted by Gasteiger charge is -2.21. The van der Waals surface area contributed by atoms with Crippen molar-refractivity contribution in [1.29, 1.82) is 0 Å². The van der Waals surface area contributed by atoms with E-state index in [0.717, 1.165) is 173 Å². The van der Waals surface area contributed by atoms with E-state index in [1.165, 1.54) is 83.5 Å². The molecule has 17 nitrogen and oxygen atoms in total. The van der Waals surface area contributed by atoms with Crippen molar-refractivity contribution in [3.8, 4) is 0 Å². The summed E-state index contributed by atoms with van der Waals surface area (Å²) >= 11 is 0. The highest BCUT2D eigenvalue weighted by Crippen LogP contribution is 2.45. The minimum atomic E-state index is -4.97. The highest BCUT2D eigenvalue weighted by Gasteiger charge is 2.30. The first-order chi connectivity index (χ1) is 47.7. The van der Waals surface area contributed by atoms with Crippen LogP contribution in [0.25, 0.3) is 0 Å². The Bertz CT molecular complexity index is 2190. The number of hydrogen-bond acceptors (Lipinski definition) is 15. The Hall–Kier alpha value is -3.76. The summed E-state index contributed by atoms with van der Waals surface area (Å²) in [5.41, 5.74) is 0. The number of esters is 4. The first-order valence-electron chi connectivity index (χ1n) is 38.8. The summed E-state index contributed by atoms with van der Waals surface area (Å²) in [6.07, 6.45) is 72.8. The van der Waals surface area contributed by atoms with Crippen LogP contribution in [-0.2, 0) is 65.4 Å². The van der Waals surface area contributed by atoms with E-state index in [9.17, 15) is 43.2 Å². The van der Waals surface area contributed by atoms with E-state index >= 15 is 0 Å². The molecule has 0 fully saturated rings. The van der Waals surface area contributed by atoms with E-state index in [2.05, 4.69) is 113 Å². The number of hydrogen-bond donors (Lipinski definition) is 3. The first-order valence-corrected chi connectivity index (χ1v) is 41.8. The number of rotatable bonds is 73. The van der Waals surface area contributed by atoms with Crippen molar-refractivity contribution < 1.29 is 80.2 Å². The summed E-state index contributed by atoms with van der Waals surface area (Å²) in [7, 11) is -9.95. The zero-order valence-electron chi connectivity index (χ0n) is 62.0. The largest absolute Gasteiger partial charge is 0.472 e. The molecule has 3 N–H and O–H groups in total. The van der Waals surface area contributed by atoms with Gasteiger partial charge in [-0.05, 0) is 116 Å². The number of carbonyl (C=O) groups is 4. The minimum Gasteiger partial charge on any atom is -0.462 e. The van der Waals surface area contributed by atoms with E-state index < -0.39 is 97.5 Å². The van der Waals surface area contributed by atoms with E-state index in [-0.39, 0.29) is 25.7 Å². The Labute approximate surface area is 595 Å². The Morgan fingerprint density at radius 1 is 0.296 bits per heavy atom. The number of phosphoric acid groups is 2. The Morgan fingerprint density at radius 3 is 0.878 bits per heavy atom. The molecule has 0 aliphatic carbocycles. The van der Waals surface area contributed by atoms with Crippen LogP contribution in [0.15, 0.2) is 85.1 Å². The summed E-state index contributed by atoms with van der Waals surface area (Å²) in [6.45, 7) is 4.69. The van der Waals surface area contributed by atoms with Crippen molar-refractivity contribution in [2.75, 3.05) is 39.6 Å². The minimum absolute atomic E-state index is 0.0820. The van der Waals surface area contributed by atoms with Crippen LogP contribution < -0.4 is 0 Å². The molecule has 0 aliphatic rings. The van der Waals surface area contributed by atoms with Crippen LogP contribution in [0.5, 0.6) is 0 Å². The Kier molecular flexibility index (Phi) is 68.9. The third kappa shape index (κ3) is 70.7. The van der Waals surface area contributed by atoms with Gasteiger partial charge in [0.2, 0.25) is 0 Å². The average molecular weight is 1420 g/mol. The van der Waals surface area contributed by atoms with Gasteiger partial charge >= 0.3 is 39.5 Å². The van der Waals surface area contributed by atoms with Gasteiger partial charge < -0.3 is 33.8 Å². The predicted octanol–water partition coefficient (Wildman–Crippen LogP) is 22.2. The molecule has 0 aromatic carbocycles. The lowest BCUT2D eigenvalue weighted by atomic mass is 10.0. The van der Waals surface area contributed by atoms with E-state index in [4.69, 9.17) is 37.0 Å². The van der Waals surface area contributed by atoms with Crippen molar-refractivity contribution in [2.24, 2.45) is 0 Å². The van der Waals surface area contributed by atoms with E-state index in [0.29, 0.717) is 25.7 Å². The van der Waals surface area contributed by atoms with Crippen LogP contribution in [0.4, 0.5) is 0 Å². The molecular weight excluding hydrogens is 1280 g/mol. The maximum Gasteiger partial charge on any atom is 0.472 e. The standard InChI is InChI=1S/C79H140O17P2/c1-5-9-13-17-21-25-29-32-34-35-36-37-39-42-45-48-52-56-60-64-77(82)89-69-74(95-78(83)65-61-57-53-49-43-28-24-20-16-12-8-4)71-93-97(85,86)91-67-73(80)68-92-98(87,88)94-72-75(96-79(84)66-62-58-54-50-46-40-31-27-23-19-15-11-7-3)70-90-76(81)63-59-55-51-47-44-41-38-33-30-26-22-18-14-10-6-2/h9,13,20-22,24-26,32-34,36-38,73-75,80H,5-8,10-12,14-19,23,27-31,35,39-72H2,1-4H3,(H,85,86)(H,87,88)/b13-9-,24-20-,25-21-,26-22-,34-32-,37-36-,38-33-. The van der Waals surface area contributed by atoms with Crippen molar-refractivity contribution in [2.45, 2.75) is 354 Å². The van der Waals surface area contributed by atoms with Gasteiger partial charge in [0.15, 0.2) is 12.2 Å². The van der Waals surface area contributed by atoms with Gasteiger partial charge in [0.25, 0.3) is 0 Å². The number of unbranched alkanes of at least 4 members (excludes halogenated alkanes) is 33. The fourth-order valence-electron chi connectivity index (χ4n) is 10.4. The molecule has 0 saturated heterocycles. The number of aliphatic hydroxyl groups excluding tert-OH is 1. The molecule has 0 bridgehead atoms. The molecule has 5 unspecified atom stereocenters. The van der Waals surface area contributed by atoms with Gasteiger partial charge in [0.05, 0.1) is 26.4 Å². The highest BCUT2D eigenvalue weighted by atomic mass is 31.2. The third-order valence-electron chi connectivity index (χ3n) is 16.3. The summed E-state index contributed by atoms with van der Waals surface area (Å²) in [4.78, 5) is 72.8. The third-order valence-corrected chi connectivity index (χ3v) is 18.2. The van der Waals surface area contributed by atoms with Crippen molar-refractivity contribution >= 4 is 39.5 Å². The number of carbonyl (C=O) groups excluding carboxylic acids is 4. The molecule has 0 amide bonds. The van der Waals surface area contributed by atoms with Crippen LogP contribution >= 0.6 is 15.6 Å². The fraction of sp³-hybridized carbons (Fsp3) is 0.772. The second kappa shape index (κ2) is 71.6. The van der Waals surface area contributed by atoms with E-state index in [1.807, 2.05) is 0 Å². The lowest BCUT2D eigenvalue weighted by Crippen LogP contribution is -2.30. The molecule has 0 spiro atoms. The first kappa shape index (κ1) is 94.2. The molecule has 0 aliphatic heterocycles. The van der Waals surface area contributed by atoms with Gasteiger partial charge in [-0.2, -0.15) is 0 Å². The highest BCUT2D eigenvalue weighted by molar-refractivity contribution is 7.47. The number of phosphoric ester groups is 2. The Morgan fingerprint density at radius 2 is 0.541 bits per heavy atom. The van der Waals surface area contributed by atoms with Gasteiger partial charge in [-0.15, -0.1) is 0 Å². The van der Waals surface area contributed by atoms with Crippen LogP contribution in [0, 0.1) is 0 Å². The maximum atomic E-state index is 13.1. The fourth-order valence-corrected chi connectivity index (χ4v) is 12.0. The second-order valence-electron chi connectivity index (χ2n) is 25.9. The quantitative estimate of drug-likeness (QED) is 0.0169. The number of ether oxygens (including phenoxy) is 4. The molecule has 0 heterocycles. The number of aliphatic hydroxyl groups is 1. The van der Waals surface area contributed by atoms with Gasteiger partial charge in [-0.3, -0.25) is 37.3 Å². The second-order valence-corrected chi connectivity index (χ2v) is 28.8. The van der Waals surface area contributed by atoms with Crippen molar-refractivity contribution in [3.63, 3.8) is 0 Å². The van der Waals surface area contributed by atoms with Gasteiger partial charge in [0, 0.05) is 25.7 Å². The summed E-state index contributed by atoms with van der Waals surface area (Å²) in [5, 5.41) is 10.6. The summed E-state index contributed by atoms with van der Waals surface area (Å²) in [6, 6.07) is 0. The molecule has 0 radical (unpaired) electrons. The Balaban J connectivity index is 5.30. The van der Waals surface area contributed by atoms with Crippen LogP contribution in [-0.4, -0.2) is 96.7 Å². The molecule has 98 heavy (non-hydrogen) atoms. The molecule has 0 aromatic heterocycles. The van der Waals surface area contributed by atoms with Gasteiger partial charge in [-0.25, -0.2) is 9.13 Å². The van der Waals surface area contributed by atoms with Crippen LogP contribution in [0.1, 0.15) is 336 Å². The smallest absolute Gasteiger partial charge is 0.462 e. The molecule has 568 valence electrons. The molecule has 0 aromatic rings. The van der Waals surface area contributed by atoms with Crippen molar-refractivity contribution in [1.82, 2.24) is 0 Å². The zero-order valence-corrected chi connectivity index (χ0v) is 63.7. The lowest BCUT2D eigenvalue weighted by molar-refractivity contribution is -0.161. The average Bonchev–Trinajstić information content (AvgIpc) is 1.00. The van der Waals surface area contributed by atoms with Crippen LogP contribution in [0.2, 0.25) is 0 Å². The molecule has 0 rings (SSSR count). The molecule has 0 saturated carbocycles. The maximum absolute atomic E-state index is 13.1. The monoisotopic (exact) mass is 1420 g/mol. The molecular formula is C79H140O17P2. The summed E-state index contributed by atoms with van der Waals surface area (Å²) in [5.74, 6) is -2.19. The number of allylic oxidation sites excluding steroid dienone is 14. The molecule has 19 heteroatoms. The zero-order chi connectivity index (χ0) is 71.8. The van der Waals surface area contributed by atoms with Gasteiger partial charge in [-0.1, -0.05) is 280 Å². The van der Waals surface area contributed by atoms with E-state index in [1.54, 1.807) is 0 Å². The van der Waals surface area contributed by atoms with Crippen LogP contribution in [0.3, 0.4) is 0 Å². The predicted molar refractivity (Wildman–Crippen MR) is 399 cm³/mol. The van der Waals surface area contributed by atoms with Gasteiger partial charge in [0.1, 0.15) is 19.3 Å².